The van der Waals surface area contributed by atoms with Crippen LogP contribution in [0.15, 0.2) is 134 Å². The third-order valence-corrected chi connectivity index (χ3v) is 10.9. The van der Waals surface area contributed by atoms with Gasteiger partial charge in [0.1, 0.15) is 13.2 Å². The van der Waals surface area contributed by atoms with E-state index in [0.717, 1.165) is 135 Å². The number of carbonyl (C=O) groups is 3. The molecule has 0 rings (SSSR count). The molecule has 0 aliphatic heterocycles. The lowest BCUT2D eigenvalue weighted by Gasteiger charge is -2.18. The Bertz CT molecular complexity index is 1500. The molecule has 0 aromatic heterocycles. The molecule has 0 saturated heterocycles. The predicted octanol–water partition coefficient (Wildman–Crippen LogP) is 18.3. The van der Waals surface area contributed by atoms with Gasteiger partial charge in [-0.3, -0.25) is 14.4 Å². The SMILES string of the molecule is CC/C=C\C/C=C\C/C=C\C/C=C\C/C=C\CCCCCC(=O)OCC(COC(=O)CCCCCCCC/C=C\C=C/CCCCC)OC(=O)CCCCC/C=C\C/C=C\C/C=C\C/C=C\CC. The maximum atomic E-state index is 12.8. The van der Waals surface area contributed by atoms with Gasteiger partial charge in [-0.05, 0) is 128 Å². The summed E-state index contributed by atoms with van der Waals surface area (Å²) in [5, 5.41) is 0. The van der Waals surface area contributed by atoms with Gasteiger partial charge < -0.3 is 14.2 Å². The molecule has 0 N–H and O–H groups in total. The van der Waals surface area contributed by atoms with Crippen LogP contribution in [0.2, 0.25) is 0 Å². The van der Waals surface area contributed by atoms with Crippen molar-refractivity contribution >= 4 is 17.9 Å². The van der Waals surface area contributed by atoms with E-state index in [9.17, 15) is 14.4 Å². The van der Waals surface area contributed by atoms with Crippen LogP contribution in [0.1, 0.15) is 220 Å². The molecule has 0 aromatic carbocycles. The fourth-order valence-electron chi connectivity index (χ4n) is 6.86. The first kappa shape index (κ1) is 63.5. The normalized spacial score (nSPS) is 13.2. The second-order valence-corrected chi connectivity index (χ2v) is 17.4. The minimum absolute atomic E-state index is 0.113. The summed E-state index contributed by atoms with van der Waals surface area (Å²) in [6, 6.07) is 0. The predicted molar refractivity (Wildman–Crippen MR) is 292 cm³/mol. The minimum atomic E-state index is -0.819. The van der Waals surface area contributed by atoms with E-state index in [1.54, 1.807) is 0 Å². The number of ether oxygens (including phenoxy) is 3. The Hall–Kier alpha value is -4.45. The minimum Gasteiger partial charge on any atom is -0.462 e. The summed E-state index contributed by atoms with van der Waals surface area (Å²) < 4.78 is 16.8. The van der Waals surface area contributed by atoms with Crippen LogP contribution in [0, 0.1) is 0 Å². The van der Waals surface area contributed by atoms with Crippen LogP contribution < -0.4 is 0 Å². The van der Waals surface area contributed by atoms with Crippen LogP contribution in [-0.4, -0.2) is 37.2 Å². The van der Waals surface area contributed by atoms with E-state index < -0.39 is 6.10 Å². The number of unbranched alkanes of at least 4 members (excludes halogenated alkanes) is 15. The zero-order chi connectivity index (χ0) is 49.3. The van der Waals surface area contributed by atoms with Crippen molar-refractivity contribution in [1.82, 2.24) is 0 Å². The Balaban J connectivity index is 4.55. The number of carbonyl (C=O) groups excluding carboxylic acids is 3. The van der Waals surface area contributed by atoms with E-state index in [-0.39, 0.29) is 37.5 Å². The zero-order valence-electron chi connectivity index (χ0n) is 43.6. The Labute approximate surface area is 417 Å². The van der Waals surface area contributed by atoms with Crippen molar-refractivity contribution < 1.29 is 28.6 Å². The number of esters is 3. The van der Waals surface area contributed by atoms with Gasteiger partial charge in [-0.25, -0.2) is 0 Å². The maximum Gasteiger partial charge on any atom is 0.306 e. The topological polar surface area (TPSA) is 78.9 Å². The molecule has 0 saturated carbocycles. The van der Waals surface area contributed by atoms with Gasteiger partial charge in [0, 0.05) is 19.3 Å². The fraction of sp³-hybridized carbons (Fsp3) is 0.597. The van der Waals surface area contributed by atoms with Crippen LogP contribution >= 0.6 is 0 Å². The lowest BCUT2D eigenvalue weighted by atomic mass is 10.1. The van der Waals surface area contributed by atoms with Gasteiger partial charge in [0.2, 0.25) is 0 Å². The smallest absolute Gasteiger partial charge is 0.306 e. The van der Waals surface area contributed by atoms with Crippen molar-refractivity contribution in [2.75, 3.05) is 13.2 Å². The Morgan fingerprint density at radius 1 is 0.324 bits per heavy atom. The van der Waals surface area contributed by atoms with Gasteiger partial charge >= 0.3 is 17.9 Å². The Morgan fingerprint density at radius 2 is 0.618 bits per heavy atom. The Morgan fingerprint density at radius 3 is 1.00 bits per heavy atom. The molecule has 0 radical (unpaired) electrons. The van der Waals surface area contributed by atoms with E-state index in [4.69, 9.17) is 14.2 Å². The van der Waals surface area contributed by atoms with Crippen molar-refractivity contribution in [3.8, 4) is 0 Å². The molecule has 0 amide bonds. The molecular weight excluding hydrogens is 841 g/mol. The summed E-state index contributed by atoms with van der Waals surface area (Å²) in [4.78, 5) is 38.1. The molecule has 68 heavy (non-hydrogen) atoms. The van der Waals surface area contributed by atoms with E-state index in [1.165, 1.54) is 38.5 Å². The molecule has 6 heteroatoms. The van der Waals surface area contributed by atoms with Gasteiger partial charge in [-0.1, -0.05) is 206 Å². The molecule has 0 aliphatic carbocycles. The molecule has 0 spiro atoms. The summed E-state index contributed by atoms with van der Waals surface area (Å²) in [7, 11) is 0. The zero-order valence-corrected chi connectivity index (χ0v) is 43.6. The summed E-state index contributed by atoms with van der Waals surface area (Å²) >= 11 is 0. The Kier molecular flexibility index (Phi) is 51.5. The first-order valence-corrected chi connectivity index (χ1v) is 27.2. The molecular formula is C62H98O6. The highest BCUT2D eigenvalue weighted by molar-refractivity contribution is 5.71. The van der Waals surface area contributed by atoms with E-state index in [0.29, 0.717) is 19.3 Å². The van der Waals surface area contributed by atoms with Gasteiger partial charge in [0.15, 0.2) is 6.10 Å². The van der Waals surface area contributed by atoms with Crippen molar-refractivity contribution in [1.29, 1.82) is 0 Å². The number of hydrogen-bond donors (Lipinski definition) is 0. The summed E-state index contributed by atoms with van der Waals surface area (Å²) in [6.07, 6.45) is 77.2. The molecule has 0 fully saturated rings. The number of allylic oxidation sites excluding steroid dienone is 22. The van der Waals surface area contributed by atoms with E-state index >= 15 is 0 Å². The van der Waals surface area contributed by atoms with Crippen LogP contribution in [0.5, 0.6) is 0 Å². The largest absolute Gasteiger partial charge is 0.462 e. The second kappa shape index (κ2) is 55.1. The maximum absolute atomic E-state index is 12.8. The molecule has 1 atom stereocenters. The average Bonchev–Trinajstić information content (AvgIpc) is 3.34. The fourth-order valence-corrected chi connectivity index (χ4v) is 6.86. The number of rotatable bonds is 47. The summed E-state index contributed by atoms with van der Waals surface area (Å²) in [5.41, 5.74) is 0. The molecule has 382 valence electrons. The monoisotopic (exact) mass is 939 g/mol. The quantitative estimate of drug-likeness (QED) is 0.0199. The number of hydrogen-bond acceptors (Lipinski definition) is 6. The highest BCUT2D eigenvalue weighted by atomic mass is 16.6. The van der Waals surface area contributed by atoms with Crippen molar-refractivity contribution in [2.24, 2.45) is 0 Å². The third kappa shape index (κ3) is 52.5. The summed E-state index contributed by atoms with van der Waals surface area (Å²) in [6.45, 7) is 6.30. The van der Waals surface area contributed by atoms with Gasteiger partial charge in [-0.15, -0.1) is 0 Å². The first-order chi connectivity index (χ1) is 33.5. The summed E-state index contributed by atoms with van der Waals surface area (Å²) in [5.74, 6) is -0.995. The molecule has 0 aromatic rings. The first-order valence-electron chi connectivity index (χ1n) is 27.2. The molecule has 0 aliphatic rings. The third-order valence-electron chi connectivity index (χ3n) is 10.9. The average molecular weight is 939 g/mol. The lowest BCUT2D eigenvalue weighted by Crippen LogP contribution is -2.30. The highest BCUT2D eigenvalue weighted by Gasteiger charge is 2.19. The van der Waals surface area contributed by atoms with Gasteiger partial charge in [-0.2, -0.15) is 0 Å². The highest BCUT2D eigenvalue weighted by Crippen LogP contribution is 2.12. The van der Waals surface area contributed by atoms with Crippen LogP contribution in [0.25, 0.3) is 0 Å². The standard InChI is InChI=1S/C62H98O6/c1-4-7-10-13-16-19-22-25-28-30-31-32-35-37-40-43-46-49-52-55-61(64)67-58-59(57-66-60(63)54-51-48-45-42-39-36-33-27-24-21-18-15-12-9-6-3)68-62(65)56-53-50-47-44-41-38-34-29-26-23-20-17-14-11-8-5-2/h7-8,10-11,16-21,24-29,31-32,37-38,40-41,59H,4-6,9,12-15,22-23,30,33-36,39,42-58H2,1-3H3/b10-7-,11-8-,19-16-,20-17-,21-18-,27-24-,28-25-,29-26-,32-31-,40-37-,41-38-. The van der Waals surface area contributed by atoms with Crippen LogP contribution in [0.4, 0.5) is 0 Å². The van der Waals surface area contributed by atoms with Crippen molar-refractivity contribution in [3.05, 3.63) is 134 Å². The second-order valence-electron chi connectivity index (χ2n) is 17.4. The van der Waals surface area contributed by atoms with Crippen molar-refractivity contribution in [2.45, 2.75) is 226 Å². The van der Waals surface area contributed by atoms with Gasteiger partial charge in [0.05, 0.1) is 0 Å². The molecule has 0 heterocycles. The lowest BCUT2D eigenvalue weighted by molar-refractivity contribution is -0.167. The molecule has 6 nitrogen and oxygen atoms in total. The van der Waals surface area contributed by atoms with E-state index in [1.807, 2.05) is 0 Å². The van der Waals surface area contributed by atoms with Crippen LogP contribution in [-0.2, 0) is 28.6 Å². The molecule has 1 unspecified atom stereocenters. The van der Waals surface area contributed by atoms with Crippen LogP contribution in [0.3, 0.4) is 0 Å². The van der Waals surface area contributed by atoms with Gasteiger partial charge in [0.25, 0.3) is 0 Å². The molecule has 0 bridgehead atoms. The van der Waals surface area contributed by atoms with E-state index in [2.05, 4.69) is 154 Å². The van der Waals surface area contributed by atoms with Crippen molar-refractivity contribution in [3.63, 3.8) is 0 Å².